The van der Waals surface area contributed by atoms with E-state index in [-0.39, 0.29) is 67.4 Å². The molecule has 15 heteroatoms. The van der Waals surface area contributed by atoms with Crippen LogP contribution >= 0.6 is 0 Å². The number of carbonyl (C=O) groups excluding carboxylic acids is 2. The minimum atomic E-state index is -4.10. The van der Waals surface area contributed by atoms with Gasteiger partial charge in [-0.3, -0.25) is 10.6 Å². The van der Waals surface area contributed by atoms with Crippen molar-refractivity contribution >= 4 is 27.9 Å². The van der Waals surface area contributed by atoms with Crippen LogP contribution in [0.15, 0.2) is 59.5 Å². The van der Waals surface area contributed by atoms with Crippen LogP contribution in [-0.4, -0.2) is 106 Å². The first-order chi connectivity index (χ1) is 23.6. The van der Waals surface area contributed by atoms with Gasteiger partial charge in [0.05, 0.1) is 36.2 Å². The molecule has 4 N–H and O–H groups in total. The molecule has 2 aromatic carbocycles. The van der Waals surface area contributed by atoms with Gasteiger partial charge in [0.1, 0.15) is 18.4 Å². The zero-order valence-corrected chi connectivity index (χ0v) is 28.5. The van der Waals surface area contributed by atoms with Crippen molar-refractivity contribution in [3.8, 4) is 0 Å². The fourth-order valence-corrected chi connectivity index (χ4v) is 8.51. The summed E-state index contributed by atoms with van der Waals surface area (Å²) in [6.45, 7) is 5.50. The SMILES string of the molecule is CC(C)CN(CC(O)[C@H](Cc1ccccc1)NC(=O)O[C@H]1CN[C@H]2OCCC12)S(=O)(=O)c1ccc(NC(=O)O[C@@H]2CO[C@@H]3OCC[C@@H]32)cc1. The zero-order valence-electron chi connectivity index (χ0n) is 27.7. The van der Waals surface area contributed by atoms with Crippen LogP contribution in [0.1, 0.15) is 32.3 Å². The lowest BCUT2D eigenvalue weighted by Crippen LogP contribution is -2.51. The van der Waals surface area contributed by atoms with Gasteiger partial charge in [0, 0.05) is 37.8 Å². The molecule has 14 nitrogen and oxygen atoms in total. The minimum absolute atomic E-state index is 0.00641. The molecule has 0 saturated carbocycles. The van der Waals surface area contributed by atoms with Gasteiger partial charge in [0.2, 0.25) is 10.0 Å². The molecular formula is C34H46N4O10S. The normalized spacial score (nSPS) is 27.4. The number of nitrogens with one attached hydrogen (secondary N) is 3. The molecule has 0 spiro atoms. The molecule has 8 atom stereocenters. The van der Waals surface area contributed by atoms with Crippen LogP contribution in [0.2, 0.25) is 0 Å². The highest BCUT2D eigenvalue weighted by Gasteiger charge is 2.44. The van der Waals surface area contributed by atoms with Crippen LogP contribution in [0, 0.1) is 17.8 Å². The summed E-state index contributed by atoms with van der Waals surface area (Å²) in [7, 11) is -4.10. The number of nitrogens with zero attached hydrogens (tertiary/aromatic N) is 1. The van der Waals surface area contributed by atoms with Gasteiger partial charge in [-0.25, -0.2) is 18.0 Å². The van der Waals surface area contributed by atoms with Crippen LogP contribution < -0.4 is 16.0 Å². The number of alkyl carbamates (subject to hydrolysis) is 1. The van der Waals surface area contributed by atoms with E-state index < -0.39 is 40.5 Å². The molecule has 4 aliphatic rings. The molecule has 4 saturated heterocycles. The van der Waals surface area contributed by atoms with Gasteiger partial charge >= 0.3 is 12.2 Å². The van der Waals surface area contributed by atoms with Gasteiger partial charge in [-0.2, -0.15) is 4.31 Å². The van der Waals surface area contributed by atoms with Gasteiger partial charge in [-0.05, 0) is 55.0 Å². The number of aliphatic hydroxyl groups is 1. The third-order valence-electron chi connectivity index (χ3n) is 9.40. The minimum Gasteiger partial charge on any atom is -0.444 e. The summed E-state index contributed by atoms with van der Waals surface area (Å²) in [5.41, 5.74) is 1.21. The average Bonchev–Trinajstić information content (AvgIpc) is 3.87. The Morgan fingerprint density at radius 2 is 1.65 bits per heavy atom. The van der Waals surface area contributed by atoms with Crippen LogP contribution in [0.3, 0.4) is 0 Å². The highest BCUT2D eigenvalue weighted by Crippen LogP contribution is 2.33. The Balaban J connectivity index is 1.11. The van der Waals surface area contributed by atoms with Crippen molar-refractivity contribution in [2.24, 2.45) is 17.8 Å². The molecule has 0 radical (unpaired) electrons. The number of sulfonamides is 1. The Morgan fingerprint density at radius 3 is 2.41 bits per heavy atom. The quantitative estimate of drug-likeness (QED) is 0.242. The number of amides is 2. The van der Waals surface area contributed by atoms with E-state index in [0.29, 0.717) is 25.4 Å². The molecule has 0 bridgehead atoms. The Bertz CT molecular complexity index is 1530. The van der Waals surface area contributed by atoms with E-state index in [1.165, 1.54) is 28.6 Å². The summed E-state index contributed by atoms with van der Waals surface area (Å²) < 4.78 is 57.1. The van der Waals surface area contributed by atoms with Crippen molar-refractivity contribution in [3.63, 3.8) is 0 Å². The predicted octanol–water partition coefficient (Wildman–Crippen LogP) is 2.68. The number of carbonyl (C=O) groups is 2. The maximum absolute atomic E-state index is 14.0. The average molecular weight is 703 g/mol. The topological polar surface area (TPSA) is 174 Å². The second-order valence-corrected chi connectivity index (χ2v) is 15.4. The Labute approximate surface area is 286 Å². The standard InChI is InChI=1S/C34H46N4O10S/c1-21(2)18-38(49(42,43)24-10-8-23(9-11-24)36-33(40)48-30-20-46-32-26(30)13-15-45-32)19-28(39)27(16-22-6-4-3-5-7-22)37-34(41)47-29-17-35-31-25(29)12-14-44-31/h3-11,21,25-32,35,39H,12-20H2,1-2H3,(H,36,40)(H,37,41)/t25?,26-,27+,28?,29+,30-,31+,32+/m1/s1. The number of anilines is 1. The van der Waals surface area contributed by atoms with Crippen LogP contribution in [-0.2, 0) is 40.1 Å². The summed E-state index contributed by atoms with van der Waals surface area (Å²) in [6, 6.07) is 14.3. The molecule has 2 amide bonds. The number of hydrogen-bond donors (Lipinski definition) is 4. The van der Waals surface area contributed by atoms with E-state index in [1.807, 2.05) is 44.2 Å². The van der Waals surface area contributed by atoms with E-state index in [4.69, 9.17) is 23.7 Å². The maximum Gasteiger partial charge on any atom is 0.411 e. The Kier molecular flexibility index (Phi) is 11.4. The Morgan fingerprint density at radius 1 is 0.939 bits per heavy atom. The first-order valence-corrected chi connectivity index (χ1v) is 18.4. The predicted molar refractivity (Wildman–Crippen MR) is 177 cm³/mol. The molecule has 268 valence electrons. The molecule has 4 fully saturated rings. The molecule has 0 aliphatic carbocycles. The maximum atomic E-state index is 14.0. The second-order valence-electron chi connectivity index (χ2n) is 13.4. The number of aliphatic hydroxyl groups excluding tert-OH is 1. The fraction of sp³-hybridized carbons (Fsp3) is 0.588. The van der Waals surface area contributed by atoms with Gasteiger partial charge in [-0.15, -0.1) is 0 Å². The largest absolute Gasteiger partial charge is 0.444 e. The number of benzene rings is 2. The van der Waals surface area contributed by atoms with E-state index >= 15 is 0 Å². The van der Waals surface area contributed by atoms with Crippen molar-refractivity contribution < 1.29 is 46.8 Å². The lowest BCUT2D eigenvalue weighted by molar-refractivity contribution is -0.0907. The van der Waals surface area contributed by atoms with E-state index in [1.54, 1.807) is 0 Å². The molecule has 2 aromatic rings. The van der Waals surface area contributed by atoms with Crippen molar-refractivity contribution in [3.05, 3.63) is 60.2 Å². The van der Waals surface area contributed by atoms with Crippen LogP contribution in [0.25, 0.3) is 0 Å². The van der Waals surface area contributed by atoms with E-state index in [9.17, 15) is 23.1 Å². The molecule has 2 unspecified atom stereocenters. The van der Waals surface area contributed by atoms with Gasteiger partial charge in [-0.1, -0.05) is 44.2 Å². The lowest BCUT2D eigenvalue weighted by atomic mass is 10.0. The first kappa shape index (κ1) is 35.5. The van der Waals surface area contributed by atoms with Crippen molar-refractivity contribution in [1.82, 2.24) is 14.9 Å². The van der Waals surface area contributed by atoms with Gasteiger partial charge in [0.15, 0.2) is 6.29 Å². The highest BCUT2D eigenvalue weighted by atomic mass is 32.2. The van der Waals surface area contributed by atoms with Gasteiger partial charge in [0.25, 0.3) is 0 Å². The Hall–Kier alpha value is -3.31. The number of fused-ring (bicyclic) bond motifs is 2. The highest BCUT2D eigenvalue weighted by molar-refractivity contribution is 7.89. The zero-order chi connectivity index (χ0) is 34.5. The number of ether oxygens (including phenoxy) is 5. The molecule has 49 heavy (non-hydrogen) atoms. The lowest BCUT2D eigenvalue weighted by Gasteiger charge is -2.31. The van der Waals surface area contributed by atoms with Crippen molar-refractivity contribution in [1.29, 1.82) is 0 Å². The molecule has 4 heterocycles. The smallest absolute Gasteiger partial charge is 0.411 e. The monoisotopic (exact) mass is 702 g/mol. The summed E-state index contributed by atoms with van der Waals surface area (Å²) in [4.78, 5) is 25.7. The number of rotatable bonds is 13. The second kappa shape index (κ2) is 15.7. The van der Waals surface area contributed by atoms with E-state index in [0.717, 1.165) is 18.4 Å². The number of hydrogen-bond acceptors (Lipinski definition) is 11. The summed E-state index contributed by atoms with van der Waals surface area (Å²) in [5.74, 6) is -0.0176. The van der Waals surface area contributed by atoms with Gasteiger partial charge < -0.3 is 34.1 Å². The third-order valence-corrected chi connectivity index (χ3v) is 11.2. The molecule has 4 aliphatic heterocycles. The fourth-order valence-electron chi connectivity index (χ4n) is 6.89. The van der Waals surface area contributed by atoms with Crippen LogP contribution in [0.5, 0.6) is 0 Å². The summed E-state index contributed by atoms with van der Waals surface area (Å²) in [6.07, 6.45) is -2.12. The van der Waals surface area contributed by atoms with Crippen molar-refractivity contribution in [2.75, 3.05) is 44.8 Å². The molecule has 6 rings (SSSR count). The van der Waals surface area contributed by atoms with Crippen LogP contribution in [0.4, 0.5) is 15.3 Å². The molecule has 0 aromatic heterocycles. The third kappa shape index (κ3) is 8.71. The summed E-state index contributed by atoms with van der Waals surface area (Å²) >= 11 is 0. The van der Waals surface area contributed by atoms with Crippen molar-refractivity contribution in [2.45, 2.75) is 74.9 Å². The first-order valence-electron chi connectivity index (χ1n) is 16.9. The summed E-state index contributed by atoms with van der Waals surface area (Å²) in [5, 5.41) is 20.2. The van der Waals surface area contributed by atoms with E-state index in [2.05, 4.69) is 16.0 Å². The molecular weight excluding hydrogens is 656 g/mol.